The topological polar surface area (TPSA) is 59.0 Å². The van der Waals surface area contributed by atoms with Crippen molar-refractivity contribution in [2.75, 3.05) is 13.2 Å². The molecular weight excluding hydrogens is 442 g/mol. The summed E-state index contributed by atoms with van der Waals surface area (Å²) in [5.74, 6) is 2.42. The van der Waals surface area contributed by atoms with E-state index in [0.29, 0.717) is 19.4 Å². The molecule has 1 aliphatic heterocycles. The van der Waals surface area contributed by atoms with Gasteiger partial charge in [0.25, 0.3) is 8.32 Å². The summed E-state index contributed by atoms with van der Waals surface area (Å²) in [5.41, 5.74) is -1.66. The number of carbonyl (C=O) groups is 1. The monoisotopic (exact) mass is 479 g/mol. The van der Waals surface area contributed by atoms with Gasteiger partial charge in [0, 0.05) is 6.42 Å². The second-order valence-corrected chi connectivity index (χ2v) is 14.3. The highest BCUT2D eigenvalue weighted by atomic mass is 28.4. The van der Waals surface area contributed by atoms with Crippen LogP contribution < -0.4 is 10.4 Å². The maximum atomic E-state index is 13.0. The van der Waals surface area contributed by atoms with Crippen LogP contribution in [0.25, 0.3) is 0 Å². The van der Waals surface area contributed by atoms with Gasteiger partial charge in [-0.15, -0.1) is 6.42 Å². The van der Waals surface area contributed by atoms with Crippen molar-refractivity contribution in [2.45, 2.75) is 70.2 Å². The summed E-state index contributed by atoms with van der Waals surface area (Å²) in [6.07, 6.45) is 7.59. The minimum Gasteiger partial charge on any atom is -0.449 e. The number of terminal acetylenes is 1. The number of benzene rings is 2. The number of aliphatic hydroxyl groups is 1. The van der Waals surface area contributed by atoms with Crippen molar-refractivity contribution < 1.29 is 19.1 Å². The predicted molar refractivity (Wildman–Crippen MR) is 138 cm³/mol. The van der Waals surface area contributed by atoms with Crippen molar-refractivity contribution in [1.29, 1.82) is 0 Å². The Labute approximate surface area is 205 Å². The summed E-state index contributed by atoms with van der Waals surface area (Å²) < 4.78 is 12.5. The van der Waals surface area contributed by atoms with Crippen LogP contribution in [0.4, 0.5) is 4.79 Å². The first kappa shape index (κ1) is 26.0. The zero-order chi connectivity index (χ0) is 24.8. The van der Waals surface area contributed by atoms with E-state index in [1.165, 1.54) is 4.90 Å². The zero-order valence-electron chi connectivity index (χ0n) is 20.8. The molecule has 6 heteroatoms. The van der Waals surface area contributed by atoms with E-state index in [-0.39, 0.29) is 17.7 Å². The van der Waals surface area contributed by atoms with Crippen molar-refractivity contribution in [3.63, 3.8) is 0 Å². The molecule has 0 radical (unpaired) electrons. The smallest absolute Gasteiger partial charge is 0.413 e. The summed E-state index contributed by atoms with van der Waals surface area (Å²) in [5, 5.41) is 13.2. The fraction of sp³-hybridized carbons (Fsp3) is 0.464. The Morgan fingerprint density at radius 1 is 1.15 bits per heavy atom. The van der Waals surface area contributed by atoms with Crippen LogP contribution in [0.15, 0.2) is 60.7 Å². The van der Waals surface area contributed by atoms with Crippen LogP contribution in [0.5, 0.6) is 0 Å². The molecule has 1 saturated heterocycles. The lowest BCUT2D eigenvalue weighted by molar-refractivity contribution is -0.0449. The highest BCUT2D eigenvalue weighted by molar-refractivity contribution is 6.99. The van der Waals surface area contributed by atoms with Crippen molar-refractivity contribution in [3.8, 4) is 12.3 Å². The number of carbonyl (C=O) groups excluding carboxylic acids is 1. The summed E-state index contributed by atoms with van der Waals surface area (Å²) in [4.78, 5) is 14.3. The molecule has 1 aliphatic rings. The number of ether oxygens (including phenoxy) is 1. The maximum absolute atomic E-state index is 13.0. The fourth-order valence-corrected chi connectivity index (χ4v) is 9.47. The van der Waals surface area contributed by atoms with Gasteiger partial charge in [-0.1, -0.05) is 94.8 Å². The summed E-state index contributed by atoms with van der Waals surface area (Å²) in [7, 11) is -2.78. The quantitative estimate of drug-likeness (QED) is 0.349. The molecule has 0 spiro atoms. The Balaban J connectivity index is 1.97. The Morgan fingerprint density at radius 2 is 1.71 bits per heavy atom. The molecule has 1 unspecified atom stereocenters. The maximum Gasteiger partial charge on any atom is 0.413 e. The lowest BCUT2D eigenvalue weighted by Gasteiger charge is -2.44. The van der Waals surface area contributed by atoms with E-state index in [2.05, 4.69) is 51.0 Å². The van der Waals surface area contributed by atoms with Gasteiger partial charge >= 0.3 is 6.09 Å². The van der Waals surface area contributed by atoms with E-state index < -0.39 is 20.1 Å². The van der Waals surface area contributed by atoms with Crippen LogP contribution in [0.2, 0.25) is 5.04 Å². The van der Waals surface area contributed by atoms with Crippen LogP contribution in [0.1, 0.15) is 53.4 Å². The van der Waals surface area contributed by atoms with E-state index in [1.54, 1.807) is 0 Å². The van der Waals surface area contributed by atoms with Gasteiger partial charge in [0.15, 0.2) is 0 Å². The molecule has 2 aromatic carbocycles. The highest BCUT2D eigenvalue weighted by Gasteiger charge is 2.53. The Bertz CT molecular complexity index is 943. The third-order valence-electron chi connectivity index (χ3n) is 6.65. The number of hydrogen-bond acceptors (Lipinski definition) is 4. The molecule has 0 bridgehead atoms. The van der Waals surface area contributed by atoms with Gasteiger partial charge in [-0.3, -0.25) is 4.90 Å². The first-order chi connectivity index (χ1) is 16.2. The third-order valence-corrected chi connectivity index (χ3v) is 11.7. The lowest BCUT2D eigenvalue weighted by Crippen LogP contribution is -2.67. The molecule has 1 fully saturated rings. The van der Waals surface area contributed by atoms with Gasteiger partial charge < -0.3 is 14.3 Å². The van der Waals surface area contributed by atoms with Crippen molar-refractivity contribution >= 4 is 24.8 Å². The summed E-state index contributed by atoms with van der Waals surface area (Å²) in [6.45, 7) is 9.23. The first-order valence-electron chi connectivity index (χ1n) is 12.1. The number of nitrogens with zero attached hydrogens (tertiary/aromatic N) is 1. The van der Waals surface area contributed by atoms with Gasteiger partial charge in [0.05, 0.1) is 19.3 Å². The van der Waals surface area contributed by atoms with Gasteiger partial charge in [0.1, 0.15) is 0 Å². The van der Waals surface area contributed by atoms with Gasteiger partial charge in [-0.2, -0.15) is 0 Å². The molecule has 0 aliphatic carbocycles. The molecule has 182 valence electrons. The van der Waals surface area contributed by atoms with E-state index in [4.69, 9.17) is 15.6 Å². The largest absolute Gasteiger partial charge is 0.449 e. The SMILES string of the molecule is C#CC1(O)CC[C@@H](CO[Si](c2ccccc2)(c2ccccc2)C(C)(C)C)N1C(=O)OCCCC. The zero-order valence-corrected chi connectivity index (χ0v) is 21.8. The average molecular weight is 480 g/mol. The first-order valence-corrected chi connectivity index (χ1v) is 14.0. The summed E-state index contributed by atoms with van der Waals surface area (Å²) in [6, 6.07) is 20.3. The molecule has 0 saturated carbocycles. The number of rotatable bonds is 8. The Kier molecular flexibility index (Phi) is 8.24. The van der Waals surface area contributed by atoms with Crippen LogP contribution >= 0.6 is 0 Å². The molecule has 1 N–H and O–H groups in total. The molecule has 2 atom stereocenters. The Morgan fingerprint density at radius 3 is 2.18 bits per heavy atom. The number of hydrogen-bond donors (Lipinski definition) is 1. The predicted octanol–water partition coefficient (Wildman–Crippen LogP) is 4.29. The van der Waals surface area contributed by atoms with Gasteiger partial charge in [-0.25, -0.2) is 4.79 Å². The highest BCUT2D eigenvalue weighted by Crippen LogP contribution is 2.39. The molecule has 0 aromatic heterocycles. The molecule has 2 aromatic rings. The molecule has 3 rings (SSSR count). The van der Waals surface area contributed by atoms with Gasteiger partial charge in [-0.05, 0) is 34.2 Å². The second kappa shape index (κ2) is 10.8. The minimum absolute atomic E-state index is 0.191. The van der Waals surface area contributed by atoms with Crippen LogP contribution in [-0.2, 0) is 9.16 Å². The van der Waals surface area contributed by atoms with E-state index in [1.807, 2.05) is 43.3 Å². The van der Waals surface area contributed by atoms with Crippen LogP contribution in [0, 0.1) is 12.3 Å². The van der Waals surface area contributed by atoms with Gasteiger partial charge in [0.2, 0.25) is 5.72 Å². The fourth-order valence-electron chi connectivity index (χ4n) is 4.88. The molecule has 34 heavy (non-hydrogen) atoms. The Hall–Kier alpha value is -2.59. The molecule has 1 heterocycles. The van der Waals surface area contributed by atoms with Crippen molar-refractivity contribution in [2.24, 2.45) is 0 Å². The van der Waals surface area contributed by atoms with E-state index in [0.717, 1.165) is 23.2 Å². The van der Waals surface area contributed by atoms with Crippen LogP contribution in [0.3, 0.4) is 0 Å². The minimum atomic E-state index is -2.78. The third kappa shape index (κ3) is 5.07. The standard InChI is InChI=1S/C28H37NO4Si/c1-6-8-21-32-26(30)29-23(19-20-28(29,31)7-2)22-33-34(27(3,4)5,24-15-11-9-12-16-24)25-17-13-10-14-18-25/h2,9-18,23,31H,6,8,19-22H2,1,3-5H3/t23-,28?/m0/s1. The molecular formula is C28H37NO4Si. The van der Waals surface area contributed by atoms with Crippen LogP contribution in [-0.4, -0.2) is 49.4 Å². The second-order valence-electron chi connectivity index (χ2n) is 9.97. The normalized spacial score (nSPS) is 20.7. The molecule has 5 nitrogen and oxygen atoms in total. The van der Waals surface area contributed by atoms with Crippen molar-refractivity contribution in [1.82, 2.24) is 4.90 Å². The van der Waals surface area contributed by atoms with Crippen molar-refractivity contribution in [3.05, 3.63) is 60.7 Å². The summed E-state index contributed by atoms with van der Waals surface area (Å²) >= 11 is 0. The average Bonchev–Trinajstić information content (AvgIpc) is 3.17. The number of unbranched alkanes of at least 4 members (excludes halogenated alkanes) is 1. The lowest BCUT2D eigenvalue weighted by atomic mass is 10.1. The number of amides is 1. The number of likely N-dealkylation sites (tertiary alicyclic amines) is 1. The molecule has 1 amide bonds. The van der Waals surface area contributed by atoms with E-state index >= 15 is 0 Å². The van der Waals surface area contributed by atoms with E-state index in [9.17, 15) is 9.90 Å².